The van der Waals surface area contributed by atoms with Crippen LogP contribution >= 0.6 is 0 Å². The van der Waals surface area contributed by atoms with Crippen molar-refractivity contribution in [1.29, 1.82) is 0 Å². The molecule has 0 aromatic carbocycles. The summed E-state index contributed by atoms with van der Waals surface area (Å²) in [4.78, 5) is 38.1. The molecular formula is C59H114O6. The smallest absolute Gasteiger partial charge is 0.306 e. The maximum absolute atomic E-state index is 12.8. The van der Waals surface area contributed by atoms with E-state index in [-0.39, 0.29) is 31.1 Å². The van der Waals surface area contributed by atoms with Crippen LogP contribution in [0, 0.1) is 17.8 Å². The van der Waals surface area contributed by atoms with E-state index in [9.17, 15) is 14.4 Å². The zero-order valence-electron chi connectivity index (χ0n) is 44.8. The number of hydrogen-bond donors (Lipinski definition) is 0. The summed E-state index contributed by atoms with van der Waals surface area (Å²) in [7, 11) is 0. The van der Waals surface area contributed by atoms with Crippen molar-refractivity contribution >= 4 is 17.9 Å². The fourth-order valence-electron chi connectivity index (χ4n) is 8.97. The molecule has 0 fully saturated rings. The molecule has 6 heteroatoms. The van der Waals surface area contributed by atoms with Gasteiger partial charge in [0.15, 0.2) is 6.10 Å². The molecule has 0 aromatic rings. The standard InChI is InChI=1S/C59H114O6/c1-7-55(6)47-41-35-29-23-18-19-25-31-37-43-49-58(61)64-52-56(65-59(62)50-44-38-32-26-20-22-28-34-40-46-54(4)5)51-63-57(60)48-42-36-30-24-17-15-13-11-9-8-10-12-14-16-21-27-33-39-45-53(2)3/h53-56H,7-52H2,1-6H3/t55?,56-/m1/s1. The molecule has 0 aromatic heterocycles. The lowest BCUT2D eigenvalue weighted by Gasteiger charge is -2.18. The summed E-state index contributed by atoms with van der Waals surface area (Å²) in [6, 6.07) is 0. The van der Waals surface area contributed by atoms with Gasteiger partial charge in [0.2, 0.25) is 0 Å². The van der Waals surface area contributed by atoms with Crippen LogP contribution in [-0.4, -0.2) is 37.2 Å². The van der Waals surface area contributed by atoms with E-state index in [0.717, 1.165) is 75.5 Å². The average Bonchev–Trinajstić information content (AvgIpc) is 3.28. The Labute approximate surface area is 406 Å². The third-order valence-corrected chi connectivity index (χ3v) is 13.8. The maximum atomic E-state index is 12.8. The Kier molecular flexibility index (Phi) is 49.1. The second-order valence-corrected chi connectivity index (χ2v) is 21.5. The average molecular weight is 920 g/mol. The molecule has 65 heavy (non-hydrogen) atoms. The van der Waals surface area contributed by atoms with Crippen molar-refractivity contribution in [3.63, 3.8) is 0 Å². The highest BCUT2D eigenvalue weighted by atomic mass is 16.6. The van der Waals surface area contributed by atoms with Gasteiger partial charge in [-0.2, -0.15) is 0 Å². The van der Waals surface area contributed by atoms with Crippen LogP contribution in [0.4, 0.5) is 0 Å². The molecule has 0 spiro atoms. The Balaban J connectivity index is 4.23. The molecule has 0 aliphatic carbocycles. The van der Waals surface area contributed by atoms with Crippen LogP contribution < -0.4 is 0 Å². The van der Waals surface area contributed by atoms with Crippen LogP contribution in [0.3, 0.4) is 0 Å². The van der Waals surface area contributed by atoms with Crippen molar-refractivity contribution in [1.82, 2.24) is 0 Å². The summed E-state index contributed by atoms with van der Waals surface area (Å²) in [6.07, 6.45) is 52.4. The van der Waals surface area contributed by atoms with Gasteiger partial charge in [-0.25, -0.2) is 0 Å². The molecule has 0 saturated heterocycles. The highest BCUT2D eigenvalue weighted by Gasteiger charge is 2.19. The maximum Gasteiger partial charge on any atom is 0.306 e. The molecule has 386 valence electrons. The Morgan fingerprint density at radius 1 is 0.308 bits per heavy atom. The summed E-state index contributed by atoms with van der Waals surface area (Å²) in [5, 5.41) is 0. The van der Waals surface area contributed by atoms with Gasteiger partial charge >= 0.3 is 17.9 Å². The Hall–Kier alpha value is -1.59. The molecule has 6 nitrogen and oxygen atoms in total. The van der Waals surface area contributed by atoms with E-state index < -0.39 is 6.10 Å². The minimum absolute atomic E-state index is 0.0639. The molecule has 0 saturated carbocycles. The second-order valence-electron chi connectivity index (χ2n) is 21.5. The summed E-state index contributed by atoms with van der Waals surface area (Å²) in [5.74, 6) is 1.69. The van der Waals surface area contributed by atoms with Gasteiger partial charge in [0.05, 0.1) is 0 Å². The number of ether oxygens (including phenoxy) is 3. The van der Waals surface area contributed by atoms with Gasteiger partial charge in [0, 0.05) is 19.3 Å². The molecule has 0 rings (SSSR count). The van der Waals surface area contributed by atoms with Crippen molar-refractivity contribution in [3.05, 3.63) is 0 Å². The normalized spacial score (nSPS) is 12.6. The lowest BCUT2D eigenvalue weighted by atomic mass is 9.99. The SMILES string of the molecule is CCC(C)CCCCCCCCCCCCC(=O)OC[C@@H](COC(=O)CCCCCCCCCCCCCCCCCCCCC(C)C)OC(=O)CCCCCCCCCCCC(C)C. The molecular weight excluding hydrogens is 805 g/mol. The number of carbonyl (C=O) groups excluding carboxylic acids is 3. The molecule has 0 aliphatic heterocycles. The first-order valence-electron chi connectivity index (χ1n) is 29.1. The first-order valence-corrected chi connectivity index (χ1v) is 29.1. The van der Waals surface area contributed by atoms with Gasteiger partial charge in [0.1, 0.15) is 13.2 Å². The number of carbonyl (C=O) groups is 3. The van der Waals surface area contributed by atoms with Crippen molar-refractivity contribution < 1.29 is 28.6 Å². The van der Waals surface area contributed by atoms with E-state index in [2.05, 4.69) is 41.5 Å². The zero-order valence-corrected chi connectivity index (χ0v) is 44.8. The van der Waals surface area contributed by atoms with Crippen LogP contribution in [-0.2, 0) is 28.6 Å². The Morgan fingerprint density at radius 3 is 0.800 bits per heavy atom. The summed E-state index contributed by atoms with van der Waals surface area (Å²) in [5.41, 5.74) is 0. The van der Waals surface area contributed by atoms with Crippen molar-refractivity contribution in [2.24, 2.45) is 17.8 Å². The van der Waals surface area contributed by atoms with E-state index >= 15 is 0 Å². The van der Waals surface area contributed by atoms with Crippen LogP contribution in [0.1, 0.15) is 324 Å². The van der Waals surface area contributed by atoms with Crippen LogP contribution in [0.5, 0.6) is 0 Å². The molecule has 0 aliphatic rings. The van der Waals surface area contributed by atoms with E-state index in [1.54, 1.807) is 0 Å². The molecule has 0 radical (unpaired) electrons. The van der Waals surface area contributed by atoms with Crippen LogP contribution in [0.25, 0.3) is 0 Å². The van der Waals surface area contributed by atoms with E-state index in [0.29, 0.717) is 19.3 Å². The summed E-state index contributed by atoms with van der Waals surface area (Å²) in [6.45, 7) is 13.8. The van der Waals surface area contributed by atoms with Crippen molar-refractivity contribution in [3.8, 4) is 0 Å². The molecule has 0 amide bonds. The zero-order chi connectivity index (χ0) is 47.7. The Morgan fingerprint density at radius 2 is 0.538 bits per heavy atom. The first kappa shape index (κ1) is 63.4. The molecule has 1 unspecified atom stereocenters. The summed E-state index contributed by atoms with van der Waals surface area (Å²) < 4.78 is 16.9. The quantitative estimate of drug-likeness (QED) is 0.0344. The third kappa shape index (κ3) is 51.6. The number of esters is 3. The van der Waals surface area contributed by atoms with E-state index in [4.69, 9.17) is 14.2 Å². The van der Waals surface area contributed by atoms with Gasteiger partial charge in [-0.3, -0.25) is 14.4 Å². The number of unbranched alkanes of at least 4 members (excludes halogenated alkanes) is 34. The predicted molar refractivity (Wildman–Crippen MR) is 279 cm³/mol. The van der Waals surface area contributed by atoms with E-state index in [1.165, 1.54) is 205 Å². The van der Waals surface area contributed by atoms with Crippen LogP contribution in [0.15, 0.2) is 0 Å². The van der Waals surface area contributed by atoms with Crippen molar-refractivity contribution in [2.45, 2.75) is 330 Å². The molecule has 0 bridgehead atoms. The topological polar surface area (TPSA) is 78.9 Å². The minimum Gasteiger partial charge on any atom is -0.462 e. The van der Waals surface area contributed by atoms with Gasteiger partial charge < -0.3 is 14.2 Å². The van der Waals surface area contributed by atoms with Gasteiger partial charge in [-0.15, -0.1) is 0 Å². The Bertz CT molecular complexity index is 1010. The molecule has 2 atom stereocenters. The molecule has 0 N–H and O–H groups in total. The van der Waals surface area contributed by atoms with Crippen molar-refractivity contribution in [2.75, 3.05) is 13.2 Å². The van der Waals surface area contributed by atoms with Crippen LogP contribution in [0.2, 0.25) is 0 Å². The van der Waals surface area contributed by atoms with Gasteiger partial charge in [0.25, 0.3) is 0 Å². The van der Waals surface area contributed by atoms with Gasteiger partial charge in [-0.1, -0.05) is 286 Å². The third-order valence-electron chi connectivity index (χ3n) is 13.8. The number of hydrogen-bond acceptors (Lipinski definition) is 6. The highest BCUT2D eigenvalue weighted by Crippen LogP contribution is 2.19. The highest BCUT2D eigenvalue weighted by molar-refractivity contribution is 5.71. The predicted octanol–water partition coefficient (Wildman–Crippen LogP) is 19.1. The second kappa shape index (κ2) is 50.3. The lowest BCUT2D eigenvalue weighted by molar-refractivity contribution is -0.167. The van der Waals surface area contributed by atoms with E-state index in [1.807, 2.05) is 0 Å². The van der Waals surface area contributed by atoms with Gasteiger partial charge in [-0.05, 0) is 37.0 Å². The minimum atomic E-state index is -0.764. The lowest BCUT2D eigenvalue weighted by Crippen LogP contribution is -2.30. The monoisotopic (exact) mass is 919 g/mol. The fourth-order valence-corrected chi connectivity index (χ4v) is 8.97. The summed E-state index contributed by atoms with van der Waals surface area (Å²) >= 11 is 0. The largest absolute Gasteiger partial charge is 0.462 e. The first-order chi connectivity index (χ1) is 31.6. The number of rotatable bonds is 52. The fraction of sp³-hybridized carbons (Fsp3) is 0.949. The molecule has 0 heterocycles.